The van der Waals surface area contributed by atoms with Crippen LogP contribution < -0.4 is 0 Å². The van der Waals surface area contributed by atoms with Gasteiger partial charge in [-0.1, -0.05) is 5.16 Å². The van der Waals surface area contributed by atoms with Gasteiger partial charge in [0.2, 0.25) is 0 Å². The van der Waals surface area contributed by atoms with Gasteiger partial charge in [-0.2, -0.15) is 0 Å². The molecule has 6 heteroatoms. The molecule has 21 heavy (non-hydrogen) atoms. The molecule has 0 N–H and O–H groups in total. The van der Waals surface area contributed by atoms with E-state index in [1.165, 1.54) is 0 Å². The Bertz CT molecular complexity index is 478. The zero-order valence-corrected chi connectivity index (χ0v) is 13.2. The number of carbonyl (C=O) groups excluding carboxylic acids is 1. The van der Waals surface area contributed by atoms with Gasteiger partial charge in [0.05, 0.1) is 5.69 Å². The van der Waals surface area contributed by atoms with E-state index in [1.807, 2.05) is 26.8 Å². The lowest BCUT2D eigenvalue weighted by molar-refractivity contribution is -0.160. The molecule has 0 aliphatic carbocycles. The van der Waals surface area contributed by atoms with Crippen molar-refractivity contribution < 1.29 is 18.8 Å². The van der Waals surface area contributed by atoms with E-state index in [2.05, 4.69) is 10.1 Å². The van der Waals surface area contributed by atoms with Crippen molar-refractivity contribution in [3.05, 3.63) is 17.5 Å². The molecule has 1 aromatic heterocycles. The van der Waals surface area contributed by atoms with Gasteiger partial charge >= 0.3 is 5.97 Å². The predicted octanol–water partition coefficient (Wildman–Crippen LogP) is 2.13. The first-order valence-electron chi connectivity index (χ1n) is 7.29. The van der Waals surface area contributed by atoms with Gasteiger partial charge in [-0.25, -0.2) is 0 Å². The molecule has 0 aromatic carbocycles. The van der Waals surface area contributed by atoms with E-state index in [-0.39, 0.29) is 12.0 Å². The minimum absolute atomic E-state index is 0.152. The number of nitrogens with zero attached hydrogens (tertiary/aromatic N) is 2. The fourth-order valence-corrected chi connectivity index (χ4v) is 2.50. The predicted molar refractivity (Wildman–Crippen MR) is 76.5 cm³/mol. The number of rotatable bonds is 5. The molecule has 1 saturated heterocycles. The number of hydrogen-bond acceptors (Lipinski definition) is 6. The summed E-state index contributed by atoms with van der Waals surface area (Å²) < 4.78 is 15.7. The summed E-state index contributed by atoms with van der Waals surface area (Å²) in [6, 6.07) is 1.68. The molecule has 0 unspecified atom stereocenters. The first kappa shape index (κ1) is 16.0. The molecule has 0 saturated carbocycles. The lowest BCUT2D eigenvalue weighted by Crippen LogP contribution is -2.40. The Morgan fingerprint density at radius 1 is 1.52 bits per heavy atom. The molecular formula is C15H24N2O4. The van der Waals surface area contributed by atoms with E-state index in [0.717, 1.165) is 25.1 Å². The lowest BCUT2D eigenvalue weighted by atomic mass is 10.1. The summed E-state index contributed by atoms with van der Waals surface area (Å²) in [5.74, 6) is 0.543. The summed E-state index contributed by atoms with van der Waals surface area (Å²) in [5.41, 5.74) is 0.364. The van der Waals surface area contributed by atoms with E-state index in [0.29, 0.717) is 18.9 Å². The Balaban J connectivity index is 1.96. The lowest BCUT2D eigenvalue weighted by Gasteiger charge is -2.26. The summed E-state index contributed by atoms with van der Waals surface area (Å²) >= 11 is 0. The quantitative estimate of drug-likeness (QED) is 0.776. The molecule has 1 atom stereocenters. The standard InChI is InChI=1S/C15H24N2O4/c1-15(2,3)20-14(18)13-6-5-7-17(13)9-11-8-12(10-19-4)21-16-11/h8,13H,5-7,9-10H2,1-4H3/t13-/m1/s1. The van der Waals surface area contributed by atoms with Crippen molar-refractivity contribution >= 4 is 5.97 Å². The van der Waals surface area contributed by atoms with Crippen LogP contribution in [0.15, 0.2) is 10.6 Å². The summed E-state index contributed by atoms with van der Waals surface area (Å²) in [4.78, 5) is 14.3. The zero-order chi connectivity index (χ0) is 15.5. The van der Waals surface area contributed by atoms with E-state index in [1.54, 1.807) is 7.11 Å². The Morgan fingerprint density at radius 3 is 2.95 bits per heavy atom. The number of esters is 1. The molecule has 0 amide bonds. The van der Waals surface area contributed by atoms with E-state index in [4.69, 9.17) is 14.0 Å². The van der Waals surface area contributed by atoms with Crippen LogP contribution in [0.5, 0.6) is 0 Å². The zero-order valence-electron chi connectivity index (χ0n) is 13.2. The SMILES string of the molecule is COCc1cc(CN2CCC[C@@H]2C(=O)OC(C)(C)C)no1. The van der Waals surface area contributed by atoms with E-state index < -0.39 is 5.60 Å². The summed E-state index contributed by atoms with van der Waals surface area (Å²) in [6.45, 7) is 7.53. The minimum Gasteiger partial charge on any atom is -0.459 e. The van der Waals surface area contributed by atoms with Gasteiger partial charge < -0.3 is 14.0 Å². The van der Waals surface area contributed by atoms with Crippen LogP contribution in [-0.4, -0.2) is 41.3 Å². The van der Waals surface area contributed by atoms with Crippen LogP contribution in [0.2, 0.25) is 0 Å². The van der Waals surface area contributed by atoms with Crippen LogP contribution in [0.3, 0.4) is 0 Å². The van der Waals surface area contributed by atoms with Crippen LogP contribution in [0.25, 0.3) is 0 Å². The van der Waals surface area contributed by atoms with Gasteiger partial charge in [-0.15, -0.1) is 0 Å². The monoisotopic (exact) mass is 296 g/mol. The third-order valence-electron chi connectivity index (χ3n) is 3.30. The molecule has 118 valence electrons. The highest BCUT2D eigenvalue weighted by atomic mass is 16.6. The number of carbonyl (C=O) groups is 1. The van der Waals surface area contributed by atoms with Gasteiger partial charge in [-0.3, -0.25) is 9.69 Å². The normalized spacial score (nSPS) is 19.9. The Hall–Kier alpha value is -1.40. The average molecular weight is 296 g/mol. The van der Waals surface area contributed by atoms with Crippen molar-refractivity contribution in [1.82, 2.24) is 10.1 Å². The topological polar surface area (TPSA) is 64.8 Å². The largest absolute Gasteiger partial charge is 0.459 e. The number of methoxy groups -OCH3 is 1. The number of likely N-dealkylation sites (tertiary alicyclic amines) is 1. The second-order valence-corrected chi connectivity index (χ2v) is 6.38. The summed E-state index contributed by atoms with van der Waals surface area (Å²) in [6.07, 6.45) is 1.82. The number of ether oxygens (including phenoxy) is 2. The molecule has 0 bridgehead atoms. The van der Waals surface area contributed by atoms with Crippen molar-refractivity contribution in [3.63, 3.8) is 0 Å². The molecule has 6 nitrogen and oxygen atoms in total. The Labute approximate surface area is 125 Å². The Kier molecular flexibility index (Phi) is 5.00. The highest BCUT2D eigenvalue weighted by Crippen LogP contribution is 2.23. The highest BCUT2D eigenvalue weighted by Gasteiger charge is 2.34. The van der Waals surface area contributed by atoms with Crippen LogP contribution in [0.4, 0.5) is 0 Å². The van der Waals surface area contributed by atoms with Crippen molar-refractivity contribution in [3.8, 4) is 0 Å². The molecule has 2 rings (SSSR count). The molecule has 1 fully saturated rings. The smallest absolute Gasteiger partial charge is 0.323 e. The maximum absolute atomic E-state index is 12.2. The fraction of sp³-hybridized carbons (Fsp3) is 0.733. The van der Waals surface area contributed by atoms with Gasteiger partial charge in [0, 0.05) is 19.7 Å². The number of hydrogen-bond donors (Lipinski definition) is 0. The van der Waals surface area contributed by atoms with Crippen LogP contribution in [0, 0.1) is 0 Å². The first-order chi connectivity index (χ1) is 9.89. The van der Waals surface area contributed by atoms with Crippen molar-refractivity contribution in [1.29, 1.82) is 0 Å². The molecule has 1 aromatic rings. The van der Waals surface area contributed by atoms with Crippen molar-refractivity contribution in [2.24, 2.45) is 0 Å². The third-order valence-corrected chi connectivity index (χ3v) is 3.30. The van der Waals surface area contributed by atoms with Gasteiger partial charge in [-0.05, 0) is 40.2 Å². The minimum atomic E-state index is -0.454. The molecule has 0 radical (unpaired) electrons. The maximum Gasteiger partial charge on any atom is 0.323 e. The second-order valence-electron chi connectivity index (χ2n) is 6.38. The van der Waals surface area contributed by atoms with Crippen LogP contribution >= 0.6 is 0 Å². The van der Waals surface area contributed by atoms with Crippen molar-refractivity contribution in [2.45, 2.75) is 58.4 Å². The van der Waals surface area contributed by atoms with E-state index >= 15 is 0 Å². The molecule has 2 heterocycles. The summed E-state index contributed by atoms with van der Waals surface area (Å²) in [7, 11) is 1.61. The van der Waals surface area contributed by atoms with Gasteiger partial charge in [0.15, 0.2) is 5.76 Å². The van der Waals surface area contributed by atoms with Gasteiger partial charge in [0.1, 0.15) is 18.2 Å². The Morgan fingerprint density at radius 2 is 2.29 bits per heavy atom. The fourth-order valence-electron chi connectivity index (χ4n) is 2.50. The van der Waals surface area contributed by atoms with Gasteiger partial charge in [0.25, 0.3) is 0 Å². The van der Waals surface area contributed by atoms with E-state index in [9.17, 15) is 4.79 Å². The highest BCUT2D eigenvalue weighted by molar-refractivity contribution is 5.76. The van der Waals surface area contributed by atoms with Crippen molar-refractivity contribution in [2.75, 3.05) is 13.7 Å². The molecular weight excluding hydrogens is 272 g/mol. The van der Waals surface area contributed by atoms with Crippen LogP contribution in [0.1, 0.15) is 45.1 Å². The third kappa shape index (κ3) is 4.54. The maximum atomic E-state index is 12.2. The second kappa shape index (κ2) is 6.58. The molecule has 1 aliphatic heterocycles. The molecule has 0 spiro atoms. The van der Waals surface area contributed by atoms with Crippen LogP contribution in [-0.2, 0) is 27.4 Å². The number of aromatic nitrogens is 1. The average Bonchev–Trinajstić information content (AvgIpc) is 2.97. The summed E-state index contributed by atoms with van der Waals surface area (Å²) in [5, 5.41) is 4.02. The molecule has 1 aliphatic rings. The first-order valence-corrected chi connectivity index (χ1v) is 7.29.